The summed E-state index contributed by atoms with van der Waals surface area (Å²) >= 11 is 6.61. The highest BCUT2D eigenvalue weighted by Gasteiger charge is 2.38. The van der Waals surface area contributed by atoms with E-state index in [4.69, 9.17) is 21.5 Å². The third-order valence-corrected chi connectivity index (χ3v) is 3.49. The van der Waals surface area contributed by atoms with Crippen molar-refractivity contribution in [2.75, 3.05) is 0 Å². The van der Waals surface area contributed by atoms with Crippen molar-refractivity contribution in [3.63, 3.8) is 0 Å². The number of hydrogen-bond acceptors (Lipinski definition) is 4. The molecule has 21 heavy (non-hydrogen) atoms. The fourth-order valence-electron chi connectivity index (χ4n) is 1.46. The Labute approximate surface area is 125 Å². The van der Waals surface area contributed by atoms with Crippen molar-refractivity contribution < 1.29 is 32.3 Å². The van der Waals surface area contributed by atoms with Gasteiger partial charge in [0.1, 0.15) is 0 Å². The number of rotatable bonds is 1. The number of hydrogen-bond donors (Lipinski definition) is 1. The van der Waals surface area contributed by atoms with Crippen LogP contribution in [0, 0.1) is 6.92 Å². The molecule has 11 heteroatoms. The molecule has 0 bridgehead atoms. The third-order valence-electron chi connectivity index (χ3n) is 2.30. The van der Waals surface area contributed by atoms with Gasteiger partial charge in [-0.25, -0.2) is 14.2 Å². The molecule has 0 aromatic carbocycles. The zero-order valence-corrected chi connectivity index (χ0v) is 12.0. The summed E-state index contributed by atoms with van der Waals surface area (Å²) in [6.07, 6.45) is -5.08. The molecule has 1 amide bonds. The molecule has 1 unspecified atom stereocenters. The largest absolute Gasteiger partial charge is 0.490 e. The van der Waals surface area contributed by atoms with E-state index in [-0.39, 0.29) is 0 Å². The third kappa shape index (κ3) is 4.81. The van der Waals surface area contributed by atoms with E-state index in [1.165, 1.54) is 16.2 Å². The van der Waals surface area contributed by atoms with Crippen LogP contribution in [0.25, 0.3) is 0 Å². The van der Waals surface area contributed by atoms with E-state index in [1.54, 1.807) is 0 Å². The molecule has 0 aliphatic carbocycles. The second-order valence-corrected chi connectivity index (χ2v) is 5.57. The number of carboxylic acids is 1. The molecule has 1 atom stereocenters. The molecule has 2 heterocycles. The quantitative estimate of drug-likeness (QED) is 0.625. The molecule has 0 spiro atoms. The average molecular weight is 349 g/mol. The van der Waals surface area contributed by atoms with Gasteiger partial charge < -0.3 is 10.0 Å². The molecule has 118 valence electrons. The molecule has 1 aromatic rings. The summed E-state index contributed by atoms with van der Waals surface area (Å²) in [5.74, 6) is -3.43. The number of carboxylic acid groups (broad SMARTS) is 1. The average Bonchev–Trinajstić information content (AvgIpc) is 2.84. The topological polar surface area (TPSA) is 70.5 Å². The van der Waals surface area contributed by atoms with Crippen LogP contribution in [0.3, 0.4) is 0 Å². The van der Waals surface area contributed by atoms with Gasteiger partial charge in [0.05, 0.1) is 23.8 Å². The van der Waals surface area contributed by atoms with Crippen LogP contribution in [0.4, 0.5) is 17.6 Å². The van der Waals surface area contributed by atoms with Crippen molar-refractivity contribution in [1.82, 2.24) is 9.88 Å². The molecule has 0 fully saturated rings. The summed E-state index contributed by atoms with van der Waals surface area (Å²) in [6, 6.07) is 0. The first kappa shape index (κ1) is 17.6. The maximum atomic E-state index is 12.5. The first-order chi connectivity index (χ1) is 9.52. The van der Waals surface area contributed by atoms with E-state index >= 15 is 0 Å². The van der Waals surface area contributed by atoms with E-state index in [2.05, 4.69) is 4.98 Å². The summed E-state index contributed by atoms with van der Waals surface area (Å²) in [5, 5.41) is 8.10. The number of aryl methyl sites for hydroxylation is 1. The number of fused-ring (bicyclic) bond motifs is 1. The van der Waals surface area contributed by atoms with Gasteiger partial charge in [-0.05, 0) is 6.92 Å². The van der Waals surface area contributed by atoms with Crippen molar-refractivity contribution in [3.8, 4) is 0 Å². The lowest BCUT2D eigenvalue weighted by molar-refractivity contribution is -0.192. The minimum absolute atomic E-state index is 0.381. The number of aromatic nitrogens is 1. The van der Waals surface area contributed by atoms with Gasteiger partial charge in [-0.3, -0.25) is 4.79 Å². The maximum absolute atomic E-state index is 12.5. The standard InChI is InChI=1S/C8H8ClFN2OS.C2HF3O2/c1-4-11-5-2-12(3-6(5)14-4)8(13)7(9)10;3-2(4,5)1(6)7/h7H,2-3H2,1H3;(H,6,7). The van der Waals surface area contributed by atoms with Crippen molar-refractivity contribution in [1.29, 1.82) is 0 Å². The minimum atomic E-state index is -5.08. The predicted molar refractivity (Wildman–Crippen MR) is 65.5 cm³/mol. The van der Waals surface area contributed by atoms with Crippen molar-refractivity contribution in [2.45, 2.75) is 31.8 Å². The van der Waals surface area contributed by atoms with E-state index < -0.39 is 23.7 Å². The van der Waals surface area contributed by atoms with Gasteiger partial charge in [0.15, 0.2) is 0 Å². The van der Waals surface area contributed by atoms with Gasteiger partial charge >= 0.3 is 12.1 Å². The van der Waals surface area contributed by atoms with Crippen LogP contribution < -0.4 is 0 Å². The summed E-state index contributed by atoms with van der Waals surface area (Å²) in [6.45, 7) is 2.73. The Kier molecular flexibility index (Phi) is 5.51. The van der Waals surface area contributed by atoms with Crippen LogP contribution in [-0.4, -0.2) is 38.7 Å². The van der Waals surface area contributed by atoms with Gasteiger partial charge in [-0.15, -0.1) is 11.3 Å². The van der Waals surface area contributed by atoms with Gasteiger partial charge in [-0.1, -0.05) is 11.6 Å². The number of nitrogens with zero attached hydrogens (tertiary/aromatic N) is 2. The Hall–Kier alpha value is -1.42. The number of halogens is 5. The molecular formula is C10H9ClF4N2O3S. The lowest BCUT2D eigenvalue weighted by Crippen LogP contribution is -2.30. The van der Waals surface area contributed by atoms with E-state index in [0.29, 0.717) is 13.1 Å². The molecule has 0 saturated carbocycles. The number of aliphatic carboxylic acids is 1. The highest BCUT2D eigenvalue weighted by molar-refractivity contribution is 7.11. The fourth-order valence-corrected chi connectivity index (χ4v) is 2.56. The van der Waals surface area contributed by atoms with Crippen LogP contribution in [-0.2, 0) is 22.7 Å². The van der Waals surface area contributed by atoms with Crippen molar-refractivity contribution >= 4 is 34.8 Å². The summed E-state index contributed by atoms with van der Waals surface area (Å²) in [5.41, 5.74) is -1.07. The summed E-state index contributed by atoms with van der Waals surface area (Å²) in [4.78, 5) is 26.7. The van der Waals surface area contributed by atoms with Crippen LogP contribution in [0.2, 0.25) is 0 Å². The molecule has 1 aromatic heterocycles. The lowest BCUT2D eigenvalue weighted by atomic mass is 10.4. The second kappa shape index (κ2) is 6.56. The Balaban J connectivity index is 0.000000270. The molecule has 1 aliphatic heterocycles. The van der Waals surface area contributed by atoms with E-state index in [1.807, 2.05) is 6.92 Å². The van der Waals surface area contributed by atoms with Crippen LogP contribution >= 0.6 is 22.9 Å². The number of alkyl halides is 5. The first-order valence-electron chi connectivity index (χ1n) is 5.34. The number of carbonyl (C=O) groups is 2. The zero-order chi connectivity index (χ0) is 16.4. The maximum Gasteiger partial charge on any atom is 0.490 e. The van der Waals surface area contributed by atoms with Gasteiger partial charge in [0.2, 0.25) is 0 Å². The highest BCUT2D eigenvalue weighted by Crippen LogP contribution is 2.28. The summed E-state index contributed by atoms with van der Waals surface area (Å²) in [7, 11) is 0. The smallest absolute Gasteiger partial charge is 0.475 e. The molecule has 0 radical (unpaired) electrons. The molecule has 1 N–H and O–H groups in total. The molecule has 1 aliphatic rings. The lowest BCUT2D eigenvalue weighted by Gasteiger charge is -2.14. The first-order valence-corrected chi connectivity index (χ1v) is 6.60. The van der Waals surface area contributed by atoms with Crippen LogP contribution in [0.5, 0.6) is 0 Å². The van der Waals surface area contributed by atoms with Crippen molar-refractivity contribution in [3.05, 3.63) is 15.6 Å². The molecule has 2 rings (SSSR count). The van der Waals surface area contributed by atoms with Crippen molar-refractivity contribution in [2.24, 2.45) is 0 Å². The van der Waals surface area contributed by atoms with Crippen LogP contribution in [0.1, 0.15) is 15.6 Å². The molecule has 0 saturated heterocycles. The second-order valence-electron chi connectivity index (χ2n) is 3.90. The zero-order valence-electron chi connectivity index (χ0n) is 10.4. The van der Waals surface area contributed by atoms with Gasteiger partial charge in [0, 0.05) is 4.88 Å². The van der Waals surface area contributed by atoms with Gasteiger partial charge in [0.25, 0.3) is 11.5 Å². The fraction of sp³-hybridized carbons (Fsp3) is 0.500. The molecule has 5 nitrogen and oxygen atoms in total. The Morgan fingerprint density at radius 3 is 2.33 bits per heavy atom. The Bertz CT molecular complexity index is 523. The van der Waals surface area contributed by atoms with Gasteiger partial charge in [-0.2, -0.15) is 13.2 Å². The molecular weight excluding hydrogens is 340 g/mol. The Morgan fingerprint density at radius 2 is 1.95 bits per heavy atom. The summed E-state index contributed by atoms with van der Waals surface area (Å²) < 4.78 is 44.2. The van der Waals surface area contributed by atoms with E-state index in [9.17, 15) is 22.4 Å². The number of thiazole rings is 1. The number of carbonyl (C=O) groups excluding carboxylic acids is 1. The van der Waals surface area contributed by atoms with Crippen LogP contribution in [0.15, 0.2) is 0 Å². The Morgan fingerprint density at radius 1 is 1.43 bits per heavy atom. The monoisotopic (exact) mass is 348 g/mol. The SMILES string of the molecule is Cc1nc2c(s1)CN(C(=O)C(F)Cl)C2.O=C(O)C(F)(F)F. The highest BCUT2D eigenvalue weighted by atomic mass is 35.5. The van der Waals surface area contributed by atoms with E-state index in [0.717, 1.165) is 15.6 Å². The normalized spacial score (nSPS) is 15.0. The number of amides is 1. The predicted octanol–water partition coefficient (Wildman–Crippen LogP) is 2.46. The minimum Gasteiger partial charge on any atom is -0.475 e.